The summed E-state index contributed by atoms with van der Waals surface area (Å²) < 4.78 is 5.31. The minimum Gasteiger partial charge on any atom is -0.379 e. The molecule has 1 aliphatic heterocycles. The van der Waals surface area contributed by atoms with Gasteiger partial charge >= 0.3 is 0 Å². The smallest absolute Gasteiger partial charge is 0.228 e. The Morgan fingerprint density at radius 2 is 1.95 bits per heavy atom. The zero-order valence-electron chi connectivity index (χ0n) is 12.6. The van der Waals surface area contributed by atoms with E-state index in [0.717, 1.165) is 39.4 Å². The van der Waals surface area contributed by atoms with E-state index < -0.39 is 0 Å². The molecule has 0 spiro atoms. The average molecular weight is 293 g/mol. The lowest BCUT2D eigenvalue weighted by Crippen LogP contribution is -2.39. The molecule has 0 saturated carbocycles. The minimum atomic E-state index is -0.0712. The third-order valence-electron chi connectivity index (χ3n) is 3.28. The van der Waals surface area contributed by atoms with E-state index in [1.54, 1.807) is 6.07 Å². The quantitative estimate of drug-likeness (QED) is 0.808. The summed E-state index contributed by atoms with van der Waals surface area (Å²) in [6.45, 7) is 9.02. The molecule has 0 radical (unpaired) electrons. The Balaban J connectivity index is 1.73. The highest BCUT2D eigenvalue weighted by atomic mass is 16.5. The topological polar surface area (TPSA) is 79.4 Å². The SMILES string of the molecule is CC(C)C(=O)Nc1ccc(NCCN2CCOCC2)nn1. The minimum absolute atomic E-state index is 0.0580. The molecule has 0 aromatic carbocycles. The fourth-order valence-electron chi connectivity index (χ4n) is 1.93. The highest BCUT2D eigenvalue weighted by Gasteiger charge is 2.10. The van der Waals surface area contributed by atoms with Crippen molar-refractivity contribution in [2.24, 2.45) is 5.92 Å². The first-order valence-corrected chi connectivity index (χ1v) is 7.33. The van der Waals surface area contributed by atoms with Crippen molar-refractivity contribution < 1.29 is 9.53 Å². The van der Waals surface area contributed by atoms with Crippen molar-refractivity contribution in [3.8, 4) is 0 Å². The lowest BCUT2D eigenvalue weighted by atomic mass is 10.2. The number of rotatable bonds is 6. The van der Waals surface area contributed by atoms with E-state index in [-0.39, 0.29) is 11.8 Å². The second kappa shape index (κ2) is 7.90. The van der Waals surface area contributed by atoms with Gasteiger partial charge in [-0.3, -0.25) is 9.69 Å². The van der Waals surface area contributed by atoms with E-state index in [2.05, 4.69) is 25.7 Å². The van der Waals surface area contributed by atoms with Crippen molar-refractivity contribution in [2.75, 3.05) is 50.0 Å². The summed E-state index contributed by atoms with van der Waals surface area (Å²) in [4.78, 5) is 13.9. The Kier molecular flexibility index (Phi) is 5.89. The van der Waals surface area contributed by atoms with Crippen molar-refractivity contribution in [2.45, 2.75) is 13.8 Å². The highest BCUT2D eigenvalue weighted by molar-refractivity contribution is 5.91. The van der Waals surface area contributed by atoms with E-state index in [0.29, 0.717) is 11.6 Å². The van der Waals surface area contributed by atoms with Crippen molar-refractivity contribution >= 4 is 17.5 Å². The van der Waals surface area contributed by atoms with Gasteiger partial charge in [0.2, 0.25) is 5.91 Å². The summed E-state index contributed by atoms with van der Waals surface area (Å²) in [5.41, 5.74) is 0. The molecule has 21 heavy (non-hydrogen) atoms. The van der Waals surface area contributed by atoms with Crippen LogP contribution in [0.15, 0.2) is 12.1 Å². The van der Waals surface area contributed by atoms with Crippen LogP contribution in [0.25, 0.3) is 0 Å². The Hall–Kier alpha value is -1.73. The number of morpholine rings is 1. The molecule has 2 heterocycles. The largest absolute Gasteiger partial charge is 0.379 e. The second-order valence-corrected chi connectivity index (χ2v) is 5.33. The number of carbonyl (C=O) groups is 1. The van der Waals surface area contributed by atoms with Crippen LogP contribution in [-0.2, 0) is 9.53 Å². The summed E-state index contributed by atoms with van der Waals surface area (Å²) in [6, 6.07) is 3.58. The van der Waals surface area contributed by atoms with Gasteiger partial charge in [-0.15, -0.1) is 10.2 Å². The van der Waals surface area contributed by atoms with Gasteiger partial charge in [0, 0.05) is 32.1 Å². The molecule has 0 aliphatic carbocycles. The maximum absolute atomic E-state index is 11.5. The summed E-state index contributed by atoms with van der Waals surface area (Å²) in [7, 11) is 0. The van der Waals surface area contributed by atoms with Crippen molar-refractivity contribution in [1.29, 1.82) is 0 Å². The summed E-state index contributed by atoms with van der Waals surface area (Å²) >= 11 is 0. The van der Waals surface area contributed by atoms with Crippen LogP contribution in [0, 0.1) is 5.92 Å². The Bertz CT molecular complexity index is 443. The first-order valence-electron chi connectivity index (χ1n) is 7.33. The zero-order valence-corrected chi connectivity index (χ0v) is 12.6. The van der Waals surface area contributed by atoms with Gasteiger partial charge in [0.1, 0.15) is 5.82 Å². The molecule has 1 saturated heterocycles. The predicted molar refractivity (Wildman–Crippen MR) is 81.2 cm³/mol. The van der Waals surface area contributed by atoms with Gasteiger partial charge in [-0.25, -0.2) is 0 Å². The molecular formula is C14H23N5O2. The number of carbonyl (C=O) groups excluding carboxylic acids is 1. The molecule has 0 bridgehead atoms. The number of aromatic nitrogens is 2. The summed E-state index contributed by atoms with van der Waals surface area (Å²) in [5.74, 6) is 1.06. The molecule has 1 aromatic rings. The van der Waals surface area contributed by atoms with Gasteiger partial charge in [-0.2, -0.15) is 0 Å². The van der Waals surface area contributed by atoms with E-state index in [9.17, 15) is 4.79 Å². The van der Waals surface area contributed by atoms with Crippen LogP contribution in [0.2, 0.25) is 0 Å². The number of hydrogen-bond acceptors (Lipinski definition) is 6. The number of amides is 1. The Labute approximate surface area is 125 Å². The van der Waals surface area contributed by atoms with Gasteiger partial charge in [-0.1, -0.05) is 13.8 Å². The molecule has 7 nitrogen and oxygen atoms in total. The number of hydrogen-bond donors (Lipinski definition) is 2. The fraction of sp³-hybridized carbons (Fsp3) is 0.643. The van der Waals surface area contributed by atoms with Gasteiger partial charge < -0.3 is 15.4 Å². The summed E-state index contributed by atoms with van der Waals surface area (Å²) in [5, 5.41) is 14.0. The van der Waals surface area contributed by atoms with E-state index in [1.807, 2.05) is 19.9 Å². The number of ether oxygens (including phenoxy) is 1. The maximum atomic E-state index is 11.5. The standard InChI is InChI=1S/C14H23N5O2/c1-11(2)14(20)16-13-4-3-12(17-18-13)15-5-6-19-7-9-21-10-8-19/h3-4,11H,5-10H2,1-2H3,(H,15,17)(H,16,18,20). The fourth-order valence-corrected chi connectivity index (χ4v) is 1.93. The van der Waals surface area contributed by atoms with Crippen LogP contribution < -0.4 is 10.6 Å². The summed E-state index contributed by atoms with van der Waals surface area (Å²) in [6.07, 6.45) is 0. The van der Waals surface area contributed by atoms with Crippen LogP contribution in [0.5, 0.6) is 0 Å². The van der Waals surface area contributed by atoms with Crippen LogP contribution in [0.4, 0.5) is 11.6 Å². The maximum Gasteiger partial charge on any atom is 0.228 e. The molecule has 116 valence electrons. The monoisotopic (exact) mass is 293 g/mol. The first kappa shape index (κ1) is 15.7. The molecule has 1 aromatic heterocycles. The number of nitrogens with one attached hydrogen (secondary N) is 2. The normalized spacial score (nSPS) is 16.0. The molecule has 0 atom stereocenters. The van der Waals surface area contributed by atoms with Gasteiger partial charge in [-0.05, 0) is 12.1 Å². The third kappa shape index (κ3) is 5.28. The van der Waals surface area contributed by atoms with Crippen molar-refractivity contribution in [1.82, 2.24) is 15.1 Å². The van der Waals surface area contributed by atoms with Crippen LogP contribution in [0.3, 0.4) is 0 Å². The molecule has 1 aliphatic rings. The zero-order chi connectivity index (χ0) is 15.1. The lowest BCUT2D eigenvalue weighted by molar-refractivity contribution is -0.118. The Morgan fingerprint density at radius 3 is 2.57 bits per heavy atom. The second-order valence-electron chi connectivity index (χ2n) is 5.33. The van der Waals surface area contributed by atoms with Gasteiger partial charge in [0.05, 0.1) is 13.2 Å². The molecule has 2 rings (SSSR count). The Morgan fingerprint density at radius 1 is 1.29 bits per heavy atom. The lowest BCUT2D eigenvalue weighted by Gasteiger charge is -2.26. The first-order chi connectivity index (χ1) is 10.1. The van der Waals surface area contributed by atoms with E-state index in [1.165, 1.54) is 0 Å². The predicted octanol–water partition coefficient (Wildman–Crippen LogP) is 0.815. The van der Waals surface area contributed by atoms with Crippen LogP contribution in [-0.4, -0.2) is 60.4 Å². The molecule has 2 N–H and O–H groups in total. The number of anilines is 2. The van der Waals surface area contributed by atoms with Gasteiger partial charge in [0.25, 0.3) is 0 Å². The van der Waals surface area contributed by atoms with Gasteiger partial charge in [0.15, 0.2) is 5.82 Å². The van der Waals surface area contributed by atoms with E-state index in [4.69, 9.17) is 4.74 Å². The van der Waals surface area contributed by atoms with Crippen LogP contribution >= 0.6 is 0 Å². The van der Waals surface area contributed by atoms with Crippen molar-refractivity contribution in [3.05, 3.63) is 12.1 Å². The average Bonchev–Trinajstić information content (AvgIpc) is 2.50. The molecule has 0 unspecified atom stereocenters. The number of nitrogens with zero attached hydrogens (tertiary/aromatic N) is 3. The molecule has 7 heteroatoms. The highest BCUT2D eigenvalue weighted by Crippen LogP contribution is 2.07. The van der Waals surface area contributed by atoms with E-state index >= 15 is 0 Å². The molecule has 1 amide bonds. The van der Waals surface area contributed by atoms with Crippen molar-refractivity contribution in [3.63, 3.8) is 0 Å². The molecule has 1 fully saturated rings. The van der Waals surface area contributed by atoms with Crippen LogP contribution in [0.1, 0.15) is 13.8 Å². The molecular weight excluding hydrogens is 270 g/mol. The third-order valence-corrected chi connectivity index (χ3v) is 3.28.